The lowest BCUT2D eigenvalue weighted by Gasteiger charge is -2.07. The maximum Gasteiger partial charge on any atom is 0.179 e. The van der Waals surface area contributed by atoms with Crippen LogP contribution in [0.1, 0.15) is 36.8 Å². The normalized spacial score (nSPS) is 9.50. The molecule has 0 atom stereocenters. The van der Waals surface area contributed by atoms with Crippen LogP contribution in [-0.4, -0.2) is 9.97 Å². The SMILES string of the molecule is CC(C)c1nc(C#N)c(C#N)nc1N. The molecule has 2 N–H and O–H groups in total. The molecule has 0 aliphatic rings. The van der Waals surface area contributed by atoms with E-state index in [0.717, 1.165) is 0 Å². The van der Waals surface area contributed by atoms with Gasteiger partial charge in [0.25, 0.3) is 0 Å². The highest BCUT2D eigenvalue weighted by atomic mass is 14.9. The molecule has 0 saturated heterocycles. The lowest BCUT2D eigenvalue weighted by Crippen LogP contribution is -2.07. The van der Waals surface area contributed by atoms with Gasteiger partial charge >= 0.3 is 0 Å². The maximum atomic E-state index is 8.70. The Kier molecular flexibility index (Phi) is 2.64. The number of hydrogen-bond acceptors (Lipinski definition) is 5. The van der Waals surface area contributed by atoms with E-state index in [4.69, 9.17) is 16.3 Å². The van der Waals surface area contributed by atoms with Gasteiger partial charge in [-0.25, -0.2) is 9.97 Å². The average Bonchev–Trinajstić information content (AvgIpc) is 2.16. The number of anilines is 1. The topological polar surface area (TPSA) is 99.4 Å². The molecule has 1 heterocycles. The zero-order chi connectivity index (χ0) is 10.7. The summed E-state index contributed by atoms with van der Waals surface area (Å²) in [7, 11) is 0. The quantitative estimate of drug-likeness (QED) is 0.704. The molecule has 70 valence electrons. The van der Waals surface area contributed by atoms with E-state index >= 15 is 0 Å². The molecule has 0 amide bonds. The summed E-state index contributed by atoms with van der Waals surface area (Å²) >= 11 is 0. The predicted octanol–water partition coefficient (Wildman–Crippen LogP) is 0.926. The molecule has 14 heavy (non-hydrogen) atoms. The van der Waals surface area contributed by atoms with Crippen LogP contribution in [0.2, 0.25) is 0 Å². The summed E-state index contributed by atoms with van der Waals surface area (Å²) in [6, 6.07) is 3.59. The first-order valence-electron chi connectivity index (χ1n) is 4.07. The van der Waals surface area contributed by atoms with Gasteiger partial charge in [-0.15, -0.1) is 0 Å². The zero-order valence-corrected chi connectivity index (χ0v) is 7.94. The molecule has 0 fully saturated rings. The second-order valence-corrected chi connectivity index (χ2v) is 3.07. The van der Waals surface area contributed by atoms with E-state index in [-0.39, 0.29) is 23.1 Å². The van der Waals surface area contributed by atoms with E-state index in [0.29, 0.717) is 5.69 Å². The third kappa shape index (κ3) is 1.62. The van der Waals surface area contributed by atoms with E-state index < -0.39 is 0 Å². The molecule has 5 nitrogen and oxygen atoms in total. The number of nitrogens with two attached hydrogens (primary N) is 1. The molecule has 1 aromatic rings. The van der Waals surface area contributed by atoms with Crippen molar-refractivity contribution in [3.63, 3.8) is 0 Å². The van der Waals surface area contributed by atoms with Gasteiger partial charge in [-0.05, 0) is 5.92 Å². The van der Waals surface area contributed by atoms with Gasteiger partial charge in [-0.1, -0.05) is 13.8 Å². The number of nitrogen functional groups attached to an aromatic ring is 1. The Hall–Kier alpha value is -2.14. The first kappa shape index (κ1) is 9.94. The smallest absolute Gasteiger partial charge is 0.179 e. The standard InChI is InChI=1S/C9H9N5/c1-5(2)8-9(12)14-7(4-11)6(3-10)13-8/h5H,1-2H3,(H2,12,14). The summed E-state index contributed by atoms with van der Waals surface area (Å²) in [4.78, 5) is 7.81. The minimum Gasteiger partial charge on any atom is -0.382 e. The van der Waals surface area contributed by atoms with E-state index in [1.54, 1.807) is 6.07 Å². The fraction of sp³-hybridized carbons (Fsp3) is 0.333. The van der Waals surface area contributed by atoms with Crippen molar-refractivity contribution in [2.45, 2.75) is 19.8 Å². The monoisotopic (exact) mass is 187 g/mol. The summed E-state index contributed by atoms with van der Waals surface area (Å²) in [5.41, 5.74) is 6.16. The first-order chi connectivity index (χ1) is 6.60. The van der Waals surface area contributed by atoms with Gasteiger partial charge < -0.3 is 5.73 Å². The van der Waals surface area contributed by atoms with Gasteiger partial charge in [0.1, 0.15) is 18.0 Å². The molecule has 0 aliphatic heterocycles. The molecule has 1 rings (SSSR count). The first-order valence-corrected chi connectivity index (χ1v) is 4.07. The van der Waals surface area contributed by atoms with Crippen molar-refractivity contribution in [1.29, 1.82) is 10.5 Å². The highest BCUT2D eigenvalue weighted by molar-refractivity contribution is 5.45. The van der Waals surface area contributed by atoms with E-state index in [9.17, 15) is 0 Å². The Bertz CT molecular complexity index is 436. The Balaban J connectivity index is 3.42. The van der Waals surface area contributed by atoms with Crippen molar-refractivity contribution >= 4 is 5.82 Å². The Morgan fingerprint density at radius 3 is 2.07 bits per heavy atom. The van der Waals surface area contributed by atoms with Crippen molar-refractivity contribution in [2.24, 2.45) is 0 Å². The maximum absolute atomic E-state index is 8.70. The van der Waals surface area contributed by atoms with Crippen LogP contribution in [-0.2, 0) is 0 Å². The van der Waals surface area contributed by atoms with Gasteiger partial charge in [0.15, 0.2) is 11.4 Å². The van der Waals surface area contributed by atoms with Crippen molar-refractivity contribution in [1.82, 2.24) is 9.97 Å². The Morgan fingerprint density at radius 1 is 1.14 bits per heavy atom. The highest BCUT2D eigenvalue weighted by Gasteiger charge is 2.13. The lowest BCUT2D eigenvalue weighted by molar-refractivity contribution is 0.812. The van der Waals surface area contributed by atoms with Crippen molar-refractivity contribution < 1.29 is 0 Å². The van der Waals surface area contributed by atoms with Crippen LogP contribution in [0.5, 0.6) is 0 Å². The van der Waals surface area contributed by atoms with Gasteiger partial charge in [0, 0.05) is 0 Å². The molecule has 0 saturated carbocycles. The lowest BCUT2D eigenvalue weighted by atomic mass is 10.1. The van der Waals surface area contributed by atoms with Gasteiger partial charge in [0.05, 0.1) is 5.69 Å². The number of nitrogens with zero attached hydrogens (tertiary/aromatic N) is 4. The summed E-state index contributed by atoms with van der Waals surface area (Å²) in [6.45, 7) is 3.79. The summed E-state index contributed by atoms with van der Waals surface area (Å²) in [5, 5.41) is 17.3. The molecule has 0 bridgehead atoms. The molecule has 0 aliphatic carbocycles. The third-order valence-electron chi connectivity index (χ3n) is 1.71. The van der Waals surface area contributed by atoms with E-state index in [1.807, 2.05) is 19.9 Å². The summed E-state index contributed by atoms with van der Waals surface area (Å²) < 4.78 is 0. The molecule has 0 radical (unpaired) electrons. The third-order valence-corrected chi connectivity index (χ3v) is 1.71. The molecule has 0 aromatic carbocycles. The van der Waals surface area contributed by atoms with E-state index in [2.05, 4.69) is 9.97 Å². The van der Waals surface area contributed by atoms with Crippen LogP contribution < -0.4 is 5.73 Å². The van der Waals surface area contributed by atoms with Crippen molar-refractivity contribution in [3.8, 4) is 12.1 Å². The summed E-state index contributed by atoms with van der Waals surface area (Å²) in [5.74, 6) is 0.304. The summed E-state index contributed by atoms with van der Waals surface area (Å²) in [6.07, 6.45) is 0. The van der Waals surface area contributed by atoms with Crippen molar-refractivity contribution in [3.05, 3.63) is 17.1 Å². The largest absolute Gasteiger partial charge is 0.382 e. The van der Waals surface area contributed by atoms with Crippen molar-refractivity contribution in [2.75, 3.05) is 5.73 Å². The fourth-order valence-electron chi connectivity index (χ4n) is 1.04. The fourth-order valence-corrected chi connectivity index (χ4v) is 1.04. The zero-order valence-electron chi connectivity index (χ0n) is 7.94. The Morgan fingerprint density at radius 2 is 1.64 bits per heavy atom. The Labute approximate surface area is 81.8 Å². The molecule has 5 heteroatoms. The van der Waals surface area contributed by atoms with Crippen LogP contribution in [0, 0.1) is 22.7 Å². The minimum absolute atomic E-state index is 0.0191. The van der Waals surface area contributed by atoms with Crippen LogP contribution in [0.25, 0.3) is 0 Å². The number of rotatable bonds is 1. The van der Waals surface area contributed by atoms with Gasteiger partial charge in [0.2, 0.25) is 0 Å². The highest BCUT2D eigenvalue weighted by Crippen LogP contribution is 2.18. The molecule has 0 unspecified atom stereocenters. The number of nitriles is 2. The molecule has 0 spiro atoms. The molecule has 1 aromatic heterocycles. The molecular weight excluding hydrogens is 178 g/mol. The minimum atomic E-state index is -0.0191. The van der Waals surface area contributed by atoms with Crippen LogP contribution in [0.15, 0.2) is 0 Å². The second-order valence-electron chi connectivity index (χ2n) is 3.07. The van der Waals surface area contributed by atoms with Gasteiger partial charge in [-0.2, -0.15) is 10.5 Å². The predicted molar refractivity (Wildman–Crippen MR) is 50.0 cm³/mol. The number of hydrogen-bond donors (Lipinski definition) is 1. The second kappa shape index (κ2) is 3.71. The van der Waals surface area contributed by atoms with Crippen LogP contribution in [0.4, 0.5) is 5.82 Å². The van der Waals surface area contributed by atoms with Gasteiger partial charge in [-0.3, -0.25) is 0 Å². The van der Waals surface area contributed by atoms with Crippen LogP contribution in [0.3, 0.4) is 0 Å². The number of aromatic nitrogens is 2. The molecular formula is C9H9N5. The van der Waals surface area contributed by atoms with E-state index in [1.165, 1.54) is 0 Å². The average molecular weight is 187 g/mol. The van der Waals surface area contributed by atoms with Crippen LogP contribution >= 0.6 is 0 Å².